The molecule has 0 saturated carbocycles. The van der Waals surface area contributed by atoms with Gasteiger partial charge < -0.3 is 4.74 Å². The van der Waals surface area contributed by atoms with Gasteiger partial charge in [0.15, 0.2) is 0 Å². The van der Waals surface area contributed by atoms with E-state index in [1.165, 1.54) is 4.68 Å². The van der Waals surface area contributed by atoms with Crippen molar-refractivity contribution in [2.24, 2.45) is 0 Å². The van der Waals surface area contributed by atoms with E-state index in [1.807, 2.05) is 6.07 Å². The number of ether oxygens (including phenoxy) is 1. The van der Waals surface area contributed by atoms with E-state index in [0.29, 0.717) is 24.5 Å². The minimum absolute atomic E-state index is 0.0787. The topological polar surface area (TPSA) is 44.1 Å². The lowest BCUT2D eigenvalue weighted by atomic mass is 9.91. The highest BCUT2D eigenvalue weighted by Crippen LogP contribution is 2.19. The predicted octanol–water partition coefficient (Wildman–Crippen LogP) is 1.62. The van der Waals surface area contributed by atoms with E-state index in [4.69, 9.17) is 4.74 Å². The van der Waals surface area contributed by atoms with E-state index in [1.54, 1.807) is 7.11 Å². The standard InChI is InChI=1S/C12H20N2O2S/c1-12(2,3)10-7-9(8-17)11(15)14(13-10)5-6-16-4/h7,17H,5-6,8H2,1-4H3. The summed E-state index contributed by atoms with van der Waals surface area (Å²) in [7, 11) is 1.61. The van der Waals surface area contributed by atoms with Crippen LogP contribution in [-0.2, 0) is 22.4 Å². The average Bonchev–Trinajstić information content (AvgIpc) is 2.26. The molecule has 1 rings (SSSR count). The molecule has 17 heavy (non-hydrogen) atoms. The highest BCUT2D eigenvalue weighted by Gasteiger charge is 2.18. The van der Waals surface area contributed by atoms with Crippen molar-refractivity contribution in [3.05, 3.63) is 27.7 Å². The van der Waals surface area contributed by atoms with Gasteiger partial charge in [-0.1, -0.05) is 20.8 Å². The zero-order chi connectivity index (χ0) is 13.1. The van der Waals surface area contributed by atoms with Gasteiger partial charge in [-0.05, 0) is 6.07 Å². The van der Waals surface area contributed by atoms with Crippen LogP contribution in [0.5, 0.6) is 0 Å². The lowest BCUT2D eigenvalue weighted by Crippen LogP contribution is -2.31. The van der Waals surface area contributed by atoms with Gasteiger partial charge in [0.05, 0.1) is 18.8 Å². The Morgan fingerprint density at radius 1 is 1.47 bits per heavy atom. The Morgan fingerprint density at radius 2 is 2.12 bits per heavy atom. The van der Waals surface area contributed by atoms with Crippen LogP contribution >= 0.6 is 12.6 Å². The SMILES string of the molecule is COCCn1nc(C(C)(C)C)cc(CS)c1=O. The minimum atomic E-state index is -0.0831. The monoisotopic (exact) mass is 256 g/mol. The summed E-state index contributed by atoms with van der Waals surface area (Å²) in [5, 5.41) is 4.38. The van der Waals surface area contributed by atoms with Gasteiger partial charge in [0.1, 0.15) is 0 Å². The molecule has 1 aromatic heterocycles. The van der Waals surface area contributed by atoms with Gasteiger partial charge in [-0.25, -0.2) is 4.68 Å². The molecular weight excluding hydrogens is 236 g/mol. The zero-order valence-corrected chi connectivity index (χ0v) is 11.8. The lowest BCUT2D eigenvalue weighted by molar-refractivity contribution is 0.181. The maximum absolute atomic E-state index is 12.0. The zero-order valence-electron chi connectivity index (χ0n) is 10.9. The molecule has 0 saturated heterocycles. The van der Waals surface area contributed by atoms with Gasteiger partial charge in [-0.3, -0.25) is 4.79 Å². The van der Waals surface area contributed by atoms with Crippen LogP contribution in [0.3, 0.4) is 0 Å². The molecule has 1 aromatic rings. The number of thiol groups is 1. The van der Waals surface area contributed by atoms with E-state index < -0.39 is 0 Å². The van der Waals surface area contributed by atoms with Crippen LogP contribution in [0.25, 0.3) is 0 Å². The maximum atomic E-state index is 12.0. The molecule has 0 spiro atoms. The molecule has 0 unspecified atom stereocenters. The molecule has 0 fully saturated rings. The van der Waals surface area contributed by atoms with Crippen LogP contribution in [0, 0.1) is 0 Å². The van der Waals surface area contributed by atoms with Crippen molar-refractivity contribution in [2.45, 2.75) is 38.5 Å². The Hall–Kier alpha value is -0.810. The van der Waals surface area contributed by atoms with Gasteiger partial charge in [0, 0.05) is 23.8 Å². The average molecular weight is 256 g/mol. The van der Waals surface area contributed by atoms with Gasteiger partial charge in [-0.2, -0.15) is 17.7 Å². The fourth-order valence-electron chi connectivity index (χ4n) is 1.41. The molecule has 0 atom stereocenters. The van der Waals surface area contributed by atoms with Crippen LogP contribution in [0.4, 0.5) is 0 Å². The number of rotatable bonds is 4. The van der Waals surface area contributed by atoms with Crippen LogP contribution < -0.4 is 5.56 Å². The first kappa shape index (κ1) is 14.3. The first-order valence-electron chi connectivity index (χ1n) is 5.61. The number of methoxy groups -OCH3 is 1. The first-order chi connectivity index (χ1) is 7.90. The molecule has 96 valence electrons. The molecule has 0 aliphatic carbocycles. The van der Waals surface area contributed by atoms with E-state index in [9.17, 15) is 4.79 Å². The normalized spacial score (nSPS) is 11.8. The molecule has 4 nitrogen and oxygen atoms in total. The Labute approximate surface area is 107 Å². The Kier molecular flexibility index (Phi) is 4.77. The van der Waals surface area contributed by atoms with E-state index >= 15 is 0 Å². The Bertz CT molecular complexity index is 435. The summed E-state index contributed by atoms with van der Waals surface area (Å²) < 4.78 is 6.45. The van der Waals surface area contributed by atoms with Crippen molar-refractivity contribution in [3.8, 4) is 0 Å². The smallest absolute Gasteiger partial charge is 0.270 e. The molecule has 5 heteroatoms. The Morgan fingerprint density at radius 3 is 2.59 bits per heavy atom. The molecule has 0 aliphatic heterocycles. The fourth-order valence-corrected chi connectivity index (χ4v) is 1.63. The number of nitrogens with zero attached hydrogens (tertiary/aromatic N) is 2. The molecule has 0 aliphatic rings. The van der Waals surface area contributed by atoms with Gasteiger partial charge in [0.25, 0.3) is 5.56 Å². The summed E-state index contributed by atoms with van der Waals surface area (Å²) >= 11 is 4.19. The van der Waals surface area contributed by atoms with Crippen molar-refractivity contribution >= 4 is 12.6 Å². The second kappa shape index (κ2) is 5.69. The third-order valence-corrected chi connectivity index (χ3v) is 2.84. The highest BCUT2D eigenvalue weighted by atomic mass is 32.1. The van der Waals surface area contributed by atoms with Crippen molar-refractivity contribution in [2.75, 3.05) is 13.7 Å². The number of hydrogen-bond donors (Lipinski definition) is 1. The molecule has 0 bridgehead atoms. The Balaban J connectivity index is 3.24. The van der Waals surface area contributed by atoms with Crippen LogP contribution in [0.2, 0.25) is 0 Å². The first-order valence-corrected chi connectivity index (χ1v) is 6.24. The van der Waals surface area contributed by atoms with E-state index in [2.05, 4.69) is 38.5 Å². The molecule has 0 amide bonds. The van der Waals surface area contributed by atoms with Crippen molar-refractivity contribution < 1.29 is 4.74 Å². The molecule has 0 radical (unpaired) electrons. The summed E-state index contributed by atoms with van der Waals surface area (Å²) in [6.45, 7) is 7.17. The molecular formula is C12H20N2O2S. The van der Waals surface area contributed by atoms with Gasteiger partial charge in [-0.15, -0.1) is 0 Å². The summed E-state index contributed by atoms with van der Waals surface area (Å²) in [6, 6.07) is 1.85. The molecule has 0 N–H and O–H groups in total. The second-order valence-corrected chi connectivity index (χ2v) is 5.30. The fraction of sp³-hybridized carbons (Fsp3) is 0.667. The van der Waals surface area contributed by atoms with Crippen molar-refractivity contribution in [1.29, 1.82) is 0 Å². The highest BCUT2D eigenvalue weighted by molar-refractivity contribution is 7.79. The van der Waals surface area contributed by atoms with E-state index in [-0.39, 0.29) is 11.0 Å². The third kappa shape index (κ3) is 3.57. The van der Waals surface area contributed by atoms with Crippen LogP contribution in [0.15, 0.2) is 10.9 Å². The second-order valence-electron chi connectivity index (χ2n) is 4.98. The molecule has 1 heterocycles. The van der Waals surface area contributed by atoms with Crippen LogP contribution in [0.1, 0.15) is 32.0 Å². The van der Waals surface area contributed by atoms with E-state index in [0.717, 1.165) is 5.69 Å². The maximum Gasteiger partial charge on any atom is 0.270 e. The number of hydrogen-bond acceptors (Lipinski definition) is 4. The predicted molar refractivity (Wildman–Crippen MR) is 71.8 cm³/mol. The lowest BCUT2D eigenvalue weighted by Gasteiger charge is -2.19. The summed E-state index contributed by atoms with van der Waals surface area (Å²) in [5.41, 5.74) is 1.42. The van der Waals surface area contributed by atoms with Gasteiger partial charge >= 0.3 is 0 Å². The summed E-state index contributed by atoms with van der Waals surface area (Å²) in [5.74, 6) is 0.428. The van der Waals surface area contributed by atoms with Crippen LogP contribution in [-0.4, -0.2) is 23.5 Å². The molecule has 0 aromatic carbocycles. The third-order valence-electron chi connectivity index (χ3n) is 2.49. The van der Waals surface area contributed by atoms with Crippen molar-refractivity contribution in [1.82, 2.24) is 9.78 Å². The summed E-state index contributed by atoms with van der Waals surface area (Å²) in [4.78, 5) is 12.0. The largest absolute Gasteiger partial charge is 0.383 e. The minimum Gasteiger partial charge on any atom is -0.383 e. The van der Waals surface area contributed by atoms with Crippen molar-refractivity contribution in [3.63, 3.8) is 0 Å². The summed E-state index contributed by atoms with van der Waals surface area (Å²) in [6.07, 6.45) is 0. The quantitative estimate of drug-likeness (QED) is 0.833. The number of aromatic nitrogens is 2. The van der Waals surface area contributed by atoms with Gasteiger partial charge in [0.2, 0.25) is 0 Å².